The quantitative estimate of drug-likeness (QED) is 0.313. The fourth-order valence-electron chi connectivity index (χ4n) is 5.05. The Hall–Kier alpha value is -1.84. The molecule has 1 aromatic carbocycles. The molecule has 33 heavy (non-hydrogen) atoms. The number of amides is 2. The van der Waals surface area contributed by atoms with Crippen LogP contribution in [0.1, 0.15) is 63.9 Å². The molecule has 0 spiro atoms. The number of aliphatic imine (C=N–C) groups is 1. The van der Waals surface area contributed by atoms with Crippen LogP contribution in [-0.2, 0) is 16.1 Å². The van der Waals surface area contributed by atoms with Gasteiger partial charge in [0.2, 0.25) is 11.8 Å². The van der Waals surface area contributed by atoms with Crippen LogP contribution in [-0.4, -0.2) is 54.9 Å². The topological polar surface area (TPSA) is 77.0 Å². The molecule has 1 atom stereocenters. The number of carbonyl (C=O) groups excluding carboxylic acids is 2. The van der Waals surface area contributed by atoms with Gasteiger partial charge in [-0.2, -0.15) is 0 Å². The molecule has 2 amide bonds. The minimum atomic E-state index is 0. The molecule has 0 bridgehead atoms. The maximum absolute atomic E-state index is 12.7. The van der Waals surface area contributed by atoms with Crippen molar-refractivity contribution in [3.05, 3.63) is 29.8 Å². The highest BCUT2D eigenvalue weighted by molar-refractivity contribution is 14.0. The lowest BCUT2D eigenvalue weighted by molar-refractivity contribution is -0.134. The highest BCUT2D eigenvalue weighted by Crippen LogP contribution is 2.28. The predicted octanol–water partition coefficient (Wildman–Crippen LogP) is 3.67. The van der Waals surface area contributed by atoms with E-state index in [0.717, 1.165) is 75.5 Å². The molecule has 1 saturated carbocycles. The minimum Gasteiger partial charge on any atom is -0.357 e. The van der Waals surface area contributed by atoms with E-state index < -0.39 is 0 Å². The van der Waals surface area contributed by atoms with Gasteiger partial charge in [0.25, 0.3) is 0 Å². The van der Waals surface area contributed by atoms with Crippen molar-refractivity contribution in [1.29, 1.82) is 0 Å². The number of likely N-dealkylation sites (tertiary alicyclic amines) is 1. The van der Waals surface area contributed by atoms with Crippen LogP contribution in [0.15, 0.2) is 29.3 Å². The molecule has 4 rings (SSSR count). The van der Waals surface area contributed by atoms with Gasteiger partial charge in [0, 0.05) is 50.2 Å². The van der Waals surface area contributed by atoms with Crippen molar-refractivity contribution in [2.24, 2.45) is 10.9 Å². The average molecular weight is 568 g/mol. The standard InChI is InChI=1S/C25H37N5O2.HI/c1-2-26-25(28-21-14-16-29(18-21)24(32)20-7-3-4-8-20)27-17-19-10-12-22(13-11-19)30-15-6-5-9-23(30)31;/h10-13,20-21H,2-9,14-18H2,1H3,(H2,26,27,28);1H. The van der Waals surface area contributed by atoms with Crippen molar-refractivity contribution in [3.8, 4) is 0 Å². The number of nitrogens with one attached hydrogen (secondary N) is 2. The first kappa shape index (κ1) is 25.8. The van der Waals surface area contributed by atoms with Crippen LogP contribution in [0.5, 0.6) is 0 Å². The number of hydrogen-bond donors (Lipinski definition) is 2. The van der Waals surface area contributed by atoms with E-state index in [9.17, 15) is 9.59 Å². The SMILES string of the molecule is CCNC(=NCc1ccc(N2CCCCC2=O)cc1)NC1CCN(C(=O)C2CCCC2)C1.I. The second-order valence-corrected chi connectivity index (χ2v) is 9.26. The van der Waals surface area contributed by atoms with E-state index in [-0.39, 0.29) is 41.8 Å². The van der Waals surface area contributed by atoms with Crippen molar-refractivity contribution in [2.75, 3.05) is 31.1 Å². The van der Waals surface area contributed by atoms with Gasteiger partial charge in [-0.1, -0.05) is 25.0 Å². The summed E-state index contributed by atoms with van der Waals surface area (Å²) in [5.74, 6) is 1.61. The summed E-state index contributed by atoms with van der Waals surface area (Å²) in [6.45, 7) is 5.83. The molecule has 0 radical (unpaired) electrons. The van der Waals surface area contributed by atoms with E-state index in [1.807, 2.05) is 21.9 Å². The van der Waals surface area contributed by atoms with E-state index in [1.54, 1.807) is 0 Å². The zero-order chi connectivity index (χ0) is 22.3. The Balaban J connectivity index is 0.00000306. The lowest BCUT2D eigenvalue weighted by atomic mass is 10.1. The first-order valence-electron chi connectivity index (χ1n) is 12.4. The predicted molar refractivity (Wildman–Crippen MR) is 143 cm³/mol. The van der Waals surface area contributed by atoms with E-state index in [2.05, 4.69) is 29.7 Å². The van der Waals surface area contributed by atoms with E-state index in [0.29, 0.717) is 18.9 Å². The third kappa shape index (κ3) is 6.83. The molecule has 8 heteroatoms. The van der Waals surface area contributed by atoms with E-state index >= 15 is 0 Å². The number of nitrogens with zero attached hydrogens (tertiary/aromatic N) is 3. The summed E-state index contributed by atoms with van der Waals surface area (Å²) < 4.78 is 0. The number of hydrogen-bond acceptors (Lipinski definition) is 3. The second-order valence-electron chi connectivity index (χ2n) is 9.26. The van der Waals surface area contributed by atoms with Crippen molar-refractivity contribution >= 4 is 47.4 Å². The molecule has 2 N–H and O–H groups in total. The zero-order valence-electron chi connectivity index (χ0n) is 19.7. The second kappa shape index (κ2) is 12.6. The van der Waals surface area contributed by atoms with Crippen LogP contribution >= 0.6 is 24.0 Å². The first-order valence-corrected chi connectivity index (χ1v) is 12.4. The molecule has 2 saturated heterocycles. The Morgan fingerprint density at radius 3 is 2.52 bits per heavy atom. The lowest BCUT2D eigenvalue weighted by Gasteiger charge is -2.26. The summed E-state index contributed by atoms with van der Waals surface area (Å²) in [5, 5.41) is 6.85. The van der Waals surface area contributed by atoms with Gasteiger partial charge in [0.05, 0.1) is 6.54 Å². The average Bonchev–Trinajstić information content (AvgIpc) is 3.51. The number of guanidine groups is 1. The fourth-order valence-corrected chi connectivity index (χ4v) is 5.05. The zero-order valence-corrected chi connectivity index (χ0v) is 22.1. The summed E-state index contributed by atoms with van der Waals surface area (Å²) in [5.41, 5.74) is 2.09. The highest BCUT2D eigenvalue weighted by Gasteiger charge is 2.32. The molecule has 1 unspecified atom stereocenters. The molecule has 1 aliphatic carbocycles. The molecule has 3 fully saturated rings. The van der Waals surface area contributed by atoms with Crippen molar-refractivity contribution in [1.82, 2.24) is 15.5 Å². The van der Waals surface area contributed by atoms with Crippen LogP contribution in [0.2, 0.25) is 0 Å². The number of benzene rings is 1. The number of halogens is 1. The monoisotopic (exact) mass is 567 g/mol. The molecule has 2 aliphatic heterocycles. The van der Waals surface area contributed by atoms with Crippen LogP contribution in [0, 0.1) is 5.92 Å². The Morgan fingerprint density at radius 1 is 1.06 bits per heavy atom. The van der Waals surface area contributed by atoms with Crippen LogP contribution in [0.25, 0.3) is 0 Å². The smallest absolute Gasteiger partial charge is 0.226 e. The van der Waals surface area contributed by atoms with Gasteiger partial charge in [0.15, 0.2) is 5.96 Å². The van der Waals surface area contributed by atoms with Crippen molar-refractivity contribution in [3.63, 3.8) is 0 Å². The van der Waals surface area contributed by atoms with Gasteiger partial charge < -0.3 is 20.4 Å². The summed E-state index contributed by atoms with van der Waals surface area (Å²) in [4.78, 5) is 33.5. The van der Waals surface area contributed by atoms with Crippen LogP contribution in [0.4, 0.5) is 5.69 Å². The van der Waals surface area contributed by atoms with E-state index in [4.69, 9.17) is 4.99 Å². The Labute approximate surface area is 214 Å². The molecule has 3 aliphatic rings. The van der Waals surface area contributed by atoms with Gasteiger partial charge >= 0.3 is 0 Å². The van der Waals surface area contributed by atoms with Gasteiger partial charge in [-0.3, -0.25) is 9.59 Å². The summed E-state index contributed by atoms with van der Waals surface area (Å²) in [6, 6.07) is 8.41. The molecule has 1 aromatic rings. The number of rotatable bonds is 6. The molecule has 0 aromatic heterocycles. The highest BCUT2D eigenvalue weighted by atomic mass is 127. The summed E-state index contributed by atoms with van der Waals surface area (Å²) in [7, 11) is 0. The maximum Gasteiger partial charge on any atom is 0.226 e. The van der Waals surface area contributed by atoms with E-state index in [1.165, 1.54) is 12.8 Å². The Bertz CT molecular complexity index is 823. The minimum absolute atomic E-state index is 0. The summed E-state index contributed by atoms with van der Waals surface area (Å²) >= 11 is 0. The Kier molecular flexibility index (Phi) is 9.82. The van der Waals surface area contributed by atoms with Gasteiger partial charge in [-0.15, -0.1) is 24.0 Å². The van der Waals surface area contributed by atoms with Crippen LogP contribution in [0.3, 0.4) is 0 Å². The molecule has 7 nitrogen and oxygen atoms in total. The normalized spacial score (nSPS) is 21.8. The molecular formula is C25H38IN5O2. The number of carbonyl (C=O) groups is 2. The van der Waals surface area contributed by atoms with Gasteiger partial charge in [-0.05, 0) is 56.7 Å². The largest absolute Gasteiger partial charge is 0.357 e. The van der Waals surface area contributed by atoms with Crippen molar-refractivity contribution in [2.45, 2.75) is 70.9 Å². The van der Waals surface area contributed by atoms with Gasteiger partial charge in [-0.25, -0.2) is 4.99 Å². The van der Waals surface area contributed by atoms with Crippen molar-refractivity contribution < 1.29 is 9.59 Å². The fraction of sp³-hybridized carbons (Fsp3) is 0.640. The molecule has 182 valence electrons. The molecular weight excluding hydrogens is 529 g/mol. The third-order valence-corrected chi connectivity index (χ3v) is 6.88. The molecule has 2 heterocycles. The number of piperidine rings is 1. The Morgan fingerprint density at radius 2 is 1.82 bits per heavy atom. The maximum atomic E-state index is 12.7. The van der Waals surface area contributed by atoms with Crippen LogP contribution < -0.4 is 15.5 Å². The summed E-state index contributed by atoms with van der Waals surface area (Å²) in [6.07, 6.45) is 8.17. The lowest BCUT2D eigenvalue weighted by Crippen LogP contribution is -2.45. The number of anilines is 1. The third-order valence-electron chi connectivity index (χ3n) is 6.88. The first-order chi connectivity index (χ1) is 15.6. The van der Waals surface area contributed by atoms with Gasteiger partial charge in [0.1, 0.15) is 0 Å².